The summed E-state index contributed by atoms with van der Waals surface area (Å²) in [5, 5.41) is 0. The Morgan fingerprint density at radius 1 is 0.243 bits per heavy atom. The Morgan fingerprint density at radius 2 is 0.716 bits per heavy atom. The summed E-state index contributed by atoms with van der Waals surface area (Å²) >= 11 is 0. The van der Waals surface area contributed by atoms with Crippen molar-refractivity contribution in [3.05, 3.63) is 283 Å². The molecule has 3 heterocycles. The fraction of sp³-hybridized carbons (Fsp3) is 0.0597. The first-order valence-electron chi connectivity index (χ1n) is 24.6. The molecule has 0 saturated carbocycles. The lowest BCUT2D eigenvalue weighted by Crippen LogP contribution is -1.99. The third kappa shape index (κ3) is 10.6. The Hall–Kier alpha value is -9.07. The van der Waals surface area contributed by atoms with E-state index >= 15 is 0 Å². The minimum atomic E-state index is -0.656. The van der Waals surface area contributed by atoms with E-state index in [1.807, 2.05) is 30.5 Å². The van der Waals surface area contributed by atoms with Gasteiger partial charge in [0.15, 0.2) is 0 Å². The zero-order valence-electron chi connectivity index (χ0n) is 40.2. The lowest BCUT2D eigenvalue weighted by atomic mass is 9.87. The SMILES string of the molecule is Fc1ccc(-c2ccc(CCc3cc(CCc4ccc(-c5ccc(F)cc5F)nc4)cc(-c4ccccc4-c4cnc(-c5cccc(-c6ccccc6)c5)cc4-c4ccc(-c5ccccc5)cc4)c3)cn2)c(F)c1. The molecule has 74 heavy (non-hydrogen) atoms. The van der Waals surface area contributed by atoms with E-state index in [-0.39, 0.29) is 11.1 Å². The summed E-state index contributed by atoms with van der Waals surface area (Å²) in [6.45, 7) is 0. The van der Waals surface area contributed by atoms with Crippen LogP contribution in [-0.4, -0.2) is 15.0 Å². The van der Waals surface area contributed by atoms with E-state index in [0.29, 0.717) is 37.1 Å². The molecule has 7 heteroatoms. The number of aromatic nitrogens is 3. The van der Waals surface area contributed by atoms with Gasteiger partial charge in [-0.15, -0.1) is 0 Å². The van der Waals surface area contributed by atoms with Crippen molar-refractivity contribution in [1.82, 2.24) is 15.0 Å². The first-order chi connectivity index (χ1) is 36.3. The Balaban J connectivity index is 0.964. The van der Waals surface area contributed by atoms with Crippen LogP contribution < -0.4 is 0 Å². The summed E-state index contributed by atoms with van der Waals surface area (Å²) in [5.74, 6) is -2.58. The molecule has 358 valence electrons. The number of aryl methyl sites for hydroxylation is 4. The van der Waals surface area contributed by atoms with Gasteiger partial charge in [-0.1, -0.05) is 158 Å². The number of benzene rings is 8. The van der Waals surface area contributed by atoms with Crippen LogP contribution in [0.4, 0.5) is 17.6 Å². The summed E-state index contributed by atoms with van der Waals surface area (Å²) in [6, 6.07) is 70.0. The molecule has 11 rings (SSSR count). The van der Waals surface area contributed by atoms with Gasteiger partial charge < -0.3 is 0 Å². The summed E-state index contributed by atoms with van der Waals surface area (Å²) in [4.78, 5) is 14.3. The topological polar surface area (TPSA) is 38.7 Å². The predicted octanol–water partition coefficient (Wildman–Crippen LogP) is 17.3. The highest BCUT2D eigenvalue weighted by atomic mass is 19.1. The highest BCUT2D eigenvalue weighted by Gasteiger charge is 2.18. The van der Waals surface area contributed by atoms with Gasteiger partial charge >= 0.3 is 0 Å². The molecule has 0 N–H and O–H groups in total. The first kappa shape index (κ1) is 47.3. The van der Waals surface area contributed by atoms with E-state index in [0.717, 1.165) is 101 Å². The maximum Gasteiger partial charge on any atom is 0.135 e. The molecule has 3 aromatic heterocycles. The van der Waals surface area contributed by atoms with Gasteiger partial charge in [0.1, 0.15) is 23.3 Å². The highest BCUT2D eigenvalue weighted by molar-refractivity contribution is 5.93. The van der Waals surface area contributed by atoms with Crippen molar-refractivity contribution in [3.8, 4) is 89.4 Å². The standard InChI is InChI=1S/C67H47F4N3/c68-55-28-30-59(63(70)38-55)65-32-22-44(41-72-65)18-20-46-34-47(21-19-45-23-33-66(73-42-45)60-31-29-56(69)39-64(60)71)36-54(35-46)57-16-7-8-17-58(57)62-43-74-67(53-15-9-14-52(37-53)49-12-5-2-6-13-49)40-61(62)51-26-24-50(25-27-51)48-10-3-1-4-11-48/h1-17,22-43H,18-21H2. The van der Waals surface area contributed by atoms with Gasteiger partial charge in [0, 0.05) is 53.0 Å². The Kier molecular flexibility index (Phi) is 13.6. The van der Waals surface area contributed by atoms with Crippen LogP contribution in [-0.2, 0) is 25.7 Å². The van der Waals surface area contributed by atoms with Crippen LogP contribution in [0, 0.1) is 23.3 Å². The van der Waals surface area contributed by atoms with Gasteiger partial charge in [-0.3, -0.25) is 15.0 Å². The Bertz CT molecular complexity index is 3630. The molecule has 0 aliphatic carbocycles. The third-order valence-corrected chi connectivity index (χ3v) is 13.5. The Labute approximate surface area is 428 Å². The summed E-state index contributed by atoms with van der Waals surface area (Å²) in [5.41, 5.74) is 18.3. The second-order valence-electron chi connectivity index (χ2n) is 18.4. The average Bonchev–Trinajstić information content (AvgIpc) is 3.45. The number of hydrogen-bond donors (Lipinski definition) is 0. The maximum absolute atomic E-state index is 14.7. The van der Waals surface area contributed by atoms with E-state index in [1.54, 1.807) is 24.5 Å². The predicted molar refractivity (Wildman–Crippen MR) is 291 cm³/mol. The number of halogens is 4. The number of rotatable bonds is 14. The molecular formula is C67H47F4N3. The van der Waals surface area contributed by atoms with Gasteiger partial charge in [0.25, 0.3) is 0 Å². The zero-order valence-corrected chi connectivity index (χ0v) is 40.2. The molecule has 11 aromatic rings. The van der Waals surface area contributed by atoms with Crippen molar-refractivity contribution in [2.24, 2.45) is 0 Å². The monoisotopic (exact) mass is 969 g/mol. The second-order valence-corrected chi connectivity index (χ2v) is 18.4. The van der Waals surface area contributed by atoms with Crippen LogP contribution in [0.15, 0.2) is 237 Å². The van der Waals surface area contributed by atoms with Crippen molar-refractivity contribution >= 4 is 0 Å². The molecule has 0 atom stereocenters. The normalized spacial score (nSPS) is 11.2. The molecule has 0 spiro atoms. The summed E-state index contributed by atoms with van der Waals surface area (Å²) in [7, 11) is 0. The minimum absolute atomic E-state index is 0.246. The van der Waals surface area contributed by atoms with Gasteiger partial charge in [0.2, 0.25) is 0 Å². The number of pyridine rings is 3. The number of nitrogens with zero attached hydrogens (tertiary/aromatic N) is 3. The molecule has 0 bridgehead atoms. The molecule has 0 saturated heterocycles. The minimum Gasteiger partial charge on any atom is -0.256 e. The molecule has 0 aliphatic heterocycles. The van der Waals surface area contributed by atoms with Crippen LogP contribution in [0.5, 0.6) is 0 Å². The van der Waals surface area contributed by atoms with Gasteiger partial charge in [-0.05, 0) is 147 Å². The average molecular weight is 970 g/mol. The van der Waals surface area contributed by atoms with E-state index in [4.69, 9.17) is 4.98 Å². The smallest absolute Gasteiger partial charge is 0.135 e. The molecule has 8 aromatic carbocycles. The maximum atomic E-state index is 14.7. The Morgan fingerprint density at radius 3 is 1.27 bits per heavy atom. The van der Waals surface area contributed by atoms with E-state index in [2.05, 4.69) is 156 Å². The van der Waals surface area contributed by atoms with E-state index < -0.39 is 23.3 Å². The molecule has 0 aliphatic rings. The van der Waals surface area contributed by atoms with Crippen molar-refractivity contribution in [2.45, 2.75) is 25.7 Å². The first-order valence-corrected chi connectivity index (χ1v) is 24.6. The van der Waals surface area contributed by atoms with Crippen LogP contribution in [0.1, 0.15) is 22.3 Å². The van der Waals surface area contributed by atoms with E-state index in [1.165, 1.54) is 24.3 Å². The van der Waals surface area contributed by atoms with Crippen molar-refractivity contribution in [2.75, 3.05) is 0 Å². The molecule has 0 unspecified atom stereocenters. The zero-order chi connectivity index (χ0) is 50.4. The quantitative estimate of drug-likeness (QED) is 0.102. The number of hydrogen-bond acceptors (Lipinski definition) is 3. The van der Waals surface area contributed by atoms with Crippen molar-refractivity contribution in [1.29, 1.82) is 0 Å². The molecule has 0 radical (unpaired) electrons. The van der Waals surface area contributed by atoms with Crippen LogP contribution in [0.25, 0.3) is 89.4 Å². The fourth-order valence-electron chi connectivity index (χ4n) is 9.64. The van der Waals surface area contributed by atoms with E-state index in [9.17, 15) is 17.6 Å². The van der Waals surface area contributed by atoms with Crippen molar-refractivity contribution in [3.63, 3.8) is 0 Å². The van der Waals surface area contributed by atoms with Crippen LogP contribution in [0.2, 0.25) is 0 Å². The second kappa shape index (κ2) is 21.3. The van der Waals surface area contributed by atoms with Gasteiger partial charge in [0.05, 0.1) is 17.1 Å². The molecular weight excluding hydrogens is 923 g/mol. The lowest BCUT2D eigenvalue weighted by Gasteiger charge is -2.18. The summed E-state index contributed by atoms with van der Waals surface area (Å²) in [6.07, 6.45) is 8.28. The van der Waals surface area contributed by atoms with Crippen LogP contribution in [0.3, 0.4) is 0 Å². The fourth-order valence-corrected chi connectivity index (χ4v) is 9.64. The van der Waals surface area contributed by atoms with Crippen LogP contribution >= 0.6 is 0 Å². The van der Waals surface area contributed by atoms with Gasteiger partial charge in [-0.2, -0.15) is 0 Å². The van der Waals surface area contributed by atoms with Gasteiger partial charge in [-0.25, -0.2) is 17.6 Å². The summed E-state index contributed by atoms with van der Waals surface area (Å²) < 4.78 is 56.7. The molecule has 0 amide bonds. The molecule has 0 fully saturated rings. The lowest BCUT2D eigenvalue weighted by molar-refractivity contribution is 0.584. The van der Waals surface area contributed by atoms with Crippen molar-refractivity contribution < 1.29 is 17.6 Å². The molecule has 3 nitrogen and oxygen atoms in total. The largest absolute Gasteiger partial charge is 0.256 e. The highest BCUT2D eigenvalue weighted by Crippen LogP contribution is 2.41. The third-order valence-electron chi connectivity index (χ3n) is 13.5.